The van der Waals surface area contributed by atoms with E-state index in [1.165, 1.54) is 4.31 Å². The maximum absolute atomic E-state index is 12.3. The number of nitrogens with one attached hydrogen (secondary N) is 1. The maximum Gasteiger partial charge on any atom is 0.279 e. The molecule has 20 heavy (non-hydrogen) atoms. The molecule has 118 valence electrons. The molecule has 0 aromatic heterocycles. The molecule has 0 radical (unpaired) electrons. The van der Waals surface area contributed by atoms with Crippen molar-refractivity contribution in [1.29, 1.82) is 0 Å². The molecular weight excluding hydrogens is 280 g/mol. The summed E-state index contributed by atoms with van der Waals surface area (Å²) in [6, 6.07) is 0. The van der Waals surface area contributed by atoms with Gasteiger partial charge in [0.05, 0.1) is 5.60 Å². The van der Waals surface area contributed by atoms with Gasteiger partial charge in [-0.05, 0) is 18.3 Å². The summed E-state index contributed by atoms with van der Waals surface area (Å²) in [5, 5.41) is 10.3. The van der Waals surface area contributed by atoms with E-state index in [1.807, 2.05) is 0 Å². The summed E-state index contributed by atoms with van der Waals surface area (Å²) in [6.07, 6.45) is 2.01. The van der Waals surface area contributed by atoms with Crippen LogP contribution in [0.15, 0.2) is 0 Å². The molecule has 0 aromatic rings. The van der Waals surface area contributed by atoms with E-state index in [-0.39, 0.29) is 6.54 Å². The molecule has 2 N–H and O–H groups in total. The largest absolute Gasteiger partial charge is 0.388 e. The Morgan fingerprint density at radius 2 is 1.80 bits per heavy atom. The molecule has 0 aliphatic carbocycles. The SMILES string of the molecule is CC1CC(C)CN(S(=O)(=O)NCC2(O)CCOCC2)C1. The fourth-order valence-electron chi connectivity index (χ4n) is 3.05. The van der Waals surface area contributed by atoms with E-state index < -0.39 is 15.8 Å². The van der Waals surface area contributed by atoms with Crippen LogP contribution in [0.25, 0.3) is 0 Å². The predicted molar refractivity (Wildman–Crippen MR) is 76.4 cm³/mol. The van der Waals surface area contributed by atoms with E-state index in [0.29, 0.717) is 51.0 Å². The number of nitrogens with zero attached hydrogens (tertiary/aromatic N) is 1. The highest BCUT2D eigenvalue weighted by molar-refractivity contribution is 7.87. The molecule has 7 heteroatoms. The van der Waals surface area contributed by atoms with E-state index in [0.717, 1.165) is 6.42 Å². The van der Waals surface area contributed by atoms with Crippen LogP contribution in [0.4, 0.5) is 0 Å². The fourth-order valence-corrected chi connectivity index (χ4v) is 4.58. The first-order valence-corrected chi connectivity index (χ1v) is 8.80. The van der Waals surface area contributed by atoms with Gasteiger partial charge in [-0.15, -0.1) is 0 Å². The Kier molecular flexibility index (Phi) is 5.07. The van der Waals surface area contributed by atoms with Gasteiger partial charge in [-0.2, -0.15) is 17.4 Å². The van der Waals surface area contributed by atoms with Crippen LogP contribution in [0, 0.1) is 11.8 Å². The fraction of sp³-hybridized carbons (Fsp3) is 1.00. The molecule has 2 saturated heterocycles. The average molecular weight is 306 g/mol. The van der Waals surface area contributed by atoms with Crippen LogP contribution in [0.5, 0.6) is 0 Å². The summed E-state index contributed by atoms with van der Waals surface area (Å²) in [4.78, 5) is 0. The molecule has 0 spiro atoms. The number of ether oxygens (including phenoxy) is 1. The van der Waals surface area contributed by atoms with Crippen molar-refractivity contribution < 1.29 is 18.3 Å². The molecule has 0 saturated carbocycles. The molecule has 6 nitrogen and oxygen atoms in total. The van der Waals surface area contributed by atoms with E-state index in [2.05, 4.69) is 18.6 Å². The Balaban J connectivity index is 1.93. The van der Waals surface area contributed by atoms with Gasteiger partial charge in [-0.1, -0.05) is 13.8 Å². The number of rotatable bonds is 4. The number of piperidine rings is 1. The quantitative estimate of drug-likeness (QED) is 0.785. The molecule has 2 aliphatic heterocycles. The lowest BCUT2D eigenvalue weighted by atomic mass is 9.94. The van der Waals surface area contributed by atoms with Crippen molar-refractivity contribution in [2.75, 3.05) is 32.8 Å². The average Bonchev–Trinajstić information content (AvgIpc) is 2.37. The van der Waals surface area contributed by atoms with E-state index in [1.54, 1.807) is 0 Å². The second kappa shape index (κ2) is 6.27. The summed E-state index contributed by atoms with van der Waals surface area (Å²) >= 11 is 0. The highest BCUT2D eigenvalue weighted by atomic mass is 32.2. The molecule has 2 heterocycles. The first kappa shape index (κ1) is 16.2. The number of hydrogen-bond donors (Lipinski definition) is 2. The van der Waals surface area contributed by atoms with Crippen molar-refractivity contribution in [2.45, 2.75) is 38.7 Å². The lowest BCUT2D eigenvalue weighted by Crippen LogP contribution is -2.52. The van der Waals surface area contributed by atoms with Crippen molar-refractivity contribution in [3.05, 3.63) is 0 Å². The number of hydrogen-bond acceptors (Lipinski definition) is 4. The third-order valence-electron chi connectivity index (χ3n) is 4.18. The molecule has 2 aliphatic rings. The minimum Gasteiger partial charge on any atom is -0.388 e. The lowest BCUT2D eigenvalue weighted by Gasteiger charge is -2.36. The number of aliphatic hydroxyl groups is 1. The summed E-state index contributed by atoms with van der Waals surface area (Å²) in [6.45, 7) is 6.29. The van der Waals surface area contributed by atoms with Crippen molar-refractivity contribution in [3.8, 4) is 0 Å². The standard InChI is InChI=1S/C13H26N2O4S/c1-11-7-12(2)9-15(8-11)20(17,18)14-10-13(16)3-5-19-6-4-13/h11-12,14,16H,3-10H2,1-2H3. The van der Waals surface area contributed by atoms with Crippen molar-refractivity contribution in [2.24, 2.45) is 11.8 Å². The molecule has 0 amide bonds. The van der Waals surface area contributed by atoms with Gasteiger partial charge in [0.25, 0.3) is 10.2 Å². The highest BCUT2D eigenvalue weighted by Crippen LogP contribution is 2.24. The Morgan fingerprint density at radius 3 is 2.35 bits per heavy atom. The van der Waals surface area contributed by atoms with Gasteiger partial charge < -0.3 is 9.84 Å². The molecular formula is C13H26N2O4S. The van der Waals surface area contributed by atoms with Crippen molar-refractivity contribution in [1.82, 2.24) is 9.03 Å². The summed E-state index contributed by atoms with van der Waals surface area (Å²) in [7, 11) is -3.50. The van der Waals surface area contributed by atoms with Crippen molar-refractivity contribution in [3.63, 3.8) is 0 Å². The summed E-state index contributed by atoms with van der Waals surface area (Å²) in [5.74, 6) is 0.753. The predicted octanol–water partition coefficient (Wildman–Crippen LogP) is 0.340. The zero-order valence-electron chi connectivity index (χ0n) is 12.3. The third-order valence-corrected chi connectivity index (χ3v) is 5.67. The van der Waals surface area contributed by atoms with Crippen molar-refractivity contribution >= 4 is 10.2 Å². The second-order valence-corrected chi connectivity index (χ2v) is 8.18. The molecule has 2 rings (SSSR count). The zero-order valence-corrected chi connectivity index (χ0v) is 13.2. The lowest BCUT2D eigenvalue weighted by molar-refractivity contribution is -0.0590. The van der Waals surface area contributed by atoms with Gasteiger partial charge in [-0.3, -0.25) is 0 Å². The first-order chi connectivity index (χ1) is 9.31. The first-order valence-electron chi connectivity index (χ1n) is 7.36. The van der Waals surface area contributed by atoms with Crippen LogP contribution in [0.2, 0.25) is 0 Å². The van der Waals surface area contributed by atoms with Crippen LogP contribution in [-0.2, 0) is 14.9 Å². The molecule has 2 fully saturated rings. The minimum absolute atomic E-state index is 0.0674. The Morgan fingerprint density at radius 1 is 1.25 bits per heavy atom. The Bertz CT molecular complexity index is 410. The smallest absolute Gasteiger partial charge is 0.279 e. The van der Waals surface area contributed by atoms with Gasteiger partial charge in [-0.25, -0.2) is 0 Å². The monoisotopic (exact) mass is 306 g/mol. The molecule has 0 aromatic carbocycles. The van der Waals surface area contributed by atoms with E-state index >= 15 is 0 Å². The zero-order chi connectivity index (χ0) is 14.8. The van der Waals surface area contributed by atoms with Gasteiger partial charge in [0.2, 0.25) is 0 Å². The minimum atomic E-state index is -3.50. The van der Waals surface area contributed by atoms with Gasteiger partial charge in [0.1, 0.15) is 0 Å². The van der Waals surface area contributed by atoms with E-state index in [4.69, 9.17) is 4.74 Å². The van der Waals surface area contributed by atoms with Gasteiger partial charge >= 0.3 is 0 Å². The van der Waals surface area contributed by atoms with Crippen LogP contribution in [-0.4, -0.2) is 56.3 Å². The van der Waals surface area contributed by atoms with Crippen LogP contribution < -0.4 is 4.72 Å². The second-order valence-electron chi connectivity index (χ2n) is 6.43. The maximum atomic E-state index is 12.3. The summed E-state index contributed by atoms with van der Waals surface area (Å²) < 4.78 is 33.9. The summed E-state index contributed by atoms with van der Waals surface area (Å²) in [5.41, 5.74) is -0.974. The highest BCUT2D eigenvalue weighted by Gasteiger charge is 2.34. The van der Waals surface area contributed by atoms with Crippen LogP contribution in [0.1, 0.15) is 33.1 Å². The van der Waals surface area contributed by atoms with Gasteiger partial charge in [0.15, 0.2) is 0 Å². The Labute approximate surface area is 121 Å². The normalized spacial score (nSPS) is 32.1. The molecule has 2 unspecified atom stereocenters. The topological polar surface area (TPSA) is 78.9 Å². The van der Waals surface area contributed by atoms with Crippen LogP contribution in [0.3, 0.4) is 0 Å². The van der Waals surface area contributed by atoms with Gasteiger partial charge in [0, 0.05) is 45.7 Å². The van der Waals surface area contributed by atoms with E-state index in [9.17, 15) is 13.5 Å². The van der Waals surface area contributed by atoms with Crippen LogP contribution >= 0.6 is 0 Å². The molecule has 0 bridgehead atoms. The third kappa shape index (κ3) is 4.14. The Hall–Kier alpha value is -0.210. The molecule has 2 atom stereocenters.